The van der Waals surface area contributed by atoms with Crippen molar-refractivity contribution in [2.45, 2.75) is 24.9 Å². The standard InChI is InChI=1S/C7H12O4/c1-4-5-6(8)11-3-7(5,9)2-10-4/h4-6,8-9H,2-3H2,1H3/t4-,5+,6-,7+/m1/s1. The molecule has 0 unspecified atom stereocenters. The van der Waals surface area contributed by atoms with Crippen molar-refractivity contribution >= 4 is 0 Å². The zero-order valence-electron chi connectivity index (χ0n) is 6.36. The third-order valence-corrected chi connectivity index (χ3v) is 2.53. The van der Waals surface area contributed by atoms with Crippen molar-refractivity contribution in [1.29, 1.82) is 0 Å². The quantitative estimate of drug-likeness (QED) is 0.482. The SMILES string of the molecule is C[C@H]1OC[C@]2(O)CO[C@@H](O)[C@H]12. The summed E-state index contributed by atoms with van der Waals surface area (Å²) in [5.74, 6) is -0.275. The van der Waals surface area contributed by atoms with Gasteiger partial charge in [-0.25, -0.2) is 0 Å². The molecule has 0 aromatic heterocycles. The molecule has 0 spiro atoms. The van der Waals surface area contributed by atoms with E-state index >= 15 is 0 Å². The molecule has 2 heterocycles. The van der Waals surface area contributed by atoms with Crippen LogP contribution in [0.1, 0.15) is 6.92 Å². The fourth-order valence-electron chi connectivity index (χ4n) is 1.88. The lowest BCUT2D eigenvalue weighted by Crippen LogP contribution is -2.39. The second-order valence-corrected chi connectivity index (χ2v) is 3.35. The Bertz CT molecular complexity index is 156. The van der Waals surface area contributed by atoms with Crippen LogP contribution in [0.3, 0.4) is 0 Å². The molecule has 4 heteroatoms. The molecule has 2 aliphatic rings. The van der Waals surface area contributed by atoms with Crippen LogP contribution >= 0.6 is 0 Å². The molecule has 4 atom stereocenters. The molecule has 64 valence electrons. The molecular formula is C7H12O4. The van der Waals surface area contributed by atoms with Crippen LogP contribution in [-0.4, -0.2) is 41.4 Å². The number of aliphatic hydroxyl groups is 2. The topological polar surface area (TPSA) is 58.9 Å². The van der Waals surface area contributed by atoms with Crippen LogP contribution in [0, 0.1) is 5.92 Å². The lowest BCUT2D eigenvalue weighted by molar-refractivity contribution is -0.105. The van der Waals surface area contributed by atoms with Gasteiger partial charge in [0.15, 0.2) is 6.29 Å². The zero-order valence-corrected chi connectivity index (χ0v) is 6.36. The van der Waals surface area contributed by atoms with Gasteiger partial charge in [0.1, 0.15) is 5.60 Å². The van der Waals surface area contributed by atoms with E-state index in [2.05, 4.69) is 0 Å². The number of ether oxygens (including phenoxy) is 2. The molecule has 0 radical (unpaired) electrons. The predicted octanol–water partition coefficient (Wildman–Crippen LogP) is -0.899. The van der Waals surface area contributed by atoms with Gasteiger partial charge in [0.2, 0.25) is 0 Å². The van der Waals surface area contributed by atoms with Gasteiger partial charge < -0.3 is 19.7 Å². The Hall–Kier alpha value is -0.160. The van der Waals surface area contributed by atoms with E-state index in [0.29, 0.717) is 0 Å². The van der Waals surface area contributed by atoms with Gasteiger partial charge in [-0.15, -0.1) is 0 Å². The molecule has 11 heavy (non-hydrogen) atoms. The average molecular weight is 160 g/mol. The first-order valence-electron chi connectivity index (χ1n) is 3.77. The maximum absolute atomic E-state index is 9.76. The third-order valence-electron chi connectivity index (χ3n) is 2.53. The van der Waals surface area contributed by atoms with E-state index in [0.717, 1.165) is 0 Å². The van der Waals surface area contributed by atoms with Crippen molar-refractivity contribution in [3.63, 3.8) is 0 Å². The molecule has 2 N–H and O–H groups in total. The summed E-state index contributed by atoms with van der Waals surface area (Å²) in [6.07, 6.45) is -0.977. The number of aliphatic hydroxyl groups excluding tert-OH is 1. The maximum Gasteiger partial charge on any atom is 0.162 e. The summed E-state index contributed by atoms with van der Waals surface area (Å²) in [5.41, 5.74) is -0.946. The van der Waals surface area contributed by atoms with Crippen molar-refractivity contribution < 1.29 is 19.7 Å². The third kappa shape index (κ3) is 0.906. The molecule has 0 bridgehead atoms. The smallest absolute Gasteiger partial charge is 0.162 e. The summed E-state index contributed by atoms with van der Waals surface area (Å²) in [4.78, 5) is 0. The number of rotatable bonds is 0. The molecule has 0 aromatic carbocycles. The average Bonchev–Trinajstić information content (AvgIpc) is 2.38. The van der Waals surface area contributed by atoms with Crippen molar-refractivity contribution in [2.75, 3.05) is 13.2 Å². The van der Waals surface area contributed by atoms with Crippen LogP contribution < -0.4 is 0 Å². The van der Waals surface area contributed by atoms with E-state index in [1.54, 1.807) is 0 Å². The van der Waals surface area contributed by atoms with E-state index in [1.165, 1.54) is 0 Å². The molecule has 0 aliphatic carbocycles. The van der Waals surface area contributed by atoms with Crippen molar-refractivity contribution in [3.05, 3.63) is 0 Å². The van der Waals surface area contributed by atoms with E-state index in [-0.39, 0.29) is 25.2 Å². The Balaban J connectivity index is 2.23. The Kier molecular flexibility index (Phi) is 1.47. The summed E-state index contributed by atoms with van der Waals surface area (Å²) >= 11 is 0. The fraction of sp³-hybridized carbons (Fsp3) is 1.00. The number of hydrogen-bond donors (Lipinski definition) is 2. The summed E-state index contributed by atoms with van der Waals surface area (Å²) in [6.45, 7) is 2.29. The Morgan fingerprint density at radius 2 is 2.00 bits per heavy atom. The first-order valence-corrected chi connectivity index (χ1v) is 3.77. The van der Waals surface area contributed by atoms with E-state index in [1.807, 2.05) is 6.92 Å². The minimum absolute atomic E-state index is 0.113. The van der Waals surface area contributed by atoms with Crippen molar-refractivity contribution in [3.8, 4) is 0 Å². The van der Waals surface area contributed by atoms with Gasteiger partial charge in [0.25, 0.3) is 0 Å². The fourth-order valence-corrected chi connectivity index (χ4v) is 1.88. The summed E-state index contributed by atoms with van der Waals surface area (Å²) < 4.78 is 10.1. The summed E-state index contributed by atoms with van der Waals surface area (Å²) in [6, 6.07) is 0. The highest BCUT2D eigenvalue weighted by molar-refractivity contribution is 5.00. The van der Waals surface area contributed by atoms with Gasteiger partial charge in [-0.05, 0) is 6.92 Å². The highest BCUT2D eigenvalue weighted by Crippen LogP contribution is 2.39. The van der Waals surface area contributed by atoms with Gasteiger partial charge in [-0.3, -0.25) is 0 Å². The summed E-state index contributed by atoms with van der Waals surface area (Å²) in [5, 5.41) is 19.0. The first kappa shape index (κ1) is 7.49. The Morgan fingerprint density at radius 3 is 2.64 bits per heavy atom. The molecule has 0 amide bonds. The van der Waals surface area contributed by atoms with Crippen LogP contribution in [0.5, 0.6) is 0 Å². The van der Waals surface area contributed by atoms with Crippen LogP contribution in [0.2, 0.25) is 0 Å². The second-order valence-electron chi connectivity index (χ2n) is 3.35. The van der Waals surface area contributed by atoms with Crippen LogP contribution in [-0.2, 0) is 9.47 Å². The Morgan fingerprint density at radius 1 is 1.36 bits per heavy atom. The van der Waals surface area contributed by atoms with Gasteiger partial charge >= 0.3 is 0 Å². The predicted molar refractivity (Wildman–Crippen MR) is 35.8 cm³/mol. The number of fused-ring (bicyclic) bond motifs is 1. The van der Waals surface area contributed by atoms with Crippen LogP contribution in [0.25, 0.3) is 0 Å². The largest absolute Gasteiger partial charge is 0.384 e. The van der Waals surface area contributed by atoms with Gasteiger partial charge in [-0.1, -0.05) is 0 Å². The second kappa shape index (κ2) is 2.17. The monoisotopic (exact) mass is 160 g/mol. The van der Waals surface area contributed by atoms with Gasteiger partial charge in [0, 0.05) is 0 Å². The molecule has 2 rings (SSSR count). The molecule has 0 aromatic rings. The highest BCUT2D eigenvalue weighted by atomic mass is 16.6. The van der Waals surface area contributed by atoms with Gasteiger partial charge in [-0.2, -0.15) is 0 Å². The normalized spacial score (nSPS) is 56.5. The Labute approximate surface area is 64.7 Å². The first-order chi connectivity index (χ1) is 5.13. The minimum Gasteiger partial charge on any atom is -0.384 e. The minimum atomic E-state index is -0.946. The lowest BCUT2D eigenvalue weighted by Gasteiger charge is -2.19. The summed E-state index contributed by atoms with van der Waals surface area (Å²) in [7, 11) is 0. The van der Waals surface area contributed by atoms with Crippen molar-refractivity contribution in [2.24, 2.45) is 5.92 Å². The van der Waals surface area contributed by atoms with E-state index < -0.39 is 11.9 Å². The van der Waals surface area contributed by atoms with E-state index in [9.17, 15) is 10.2 Å². The lowest BCUT2D eigenvalue weighted by atomic mass is 9.90. The van der Waals surface area contributed by atoms with Gasteiger partial charge in [0.05, 0.1) is 25.2 Å². The van der Waals surface area contributed by atoms with Crippen LogP contribution in [0.4, 0.5) is 0 Å². The molecule has 4 nitrogen and oxygen atoms in total. The molecule has 2 aliphatic heterocycles. The van der Waals surface area contributed by atoms with E-state index in [4.69, 9.17) is 9.47 Å². The zero-order chi connectivity index (χ0) is 8.06. The van der Waals surface area contributed by atoms with Crippen LogP contribution in [0.15, 0.2) is 0 Å². The van der Waals surface area contributed by atoms with Crippen molar-refractivity contribution in [1.82, 2.24) is 0 Å². The number of hydrogen-bond acceptors (Lipinski definition) is 4. The molecule has 0 saturated carbocycles. The maximum atomic E-state index is 9.76. The molecule has 2 fully saturated rings. The molecule has 2 saturated heterocycles. The highest BCUT2D eigenvalue weighted by Gasteiger charge is 2.55. The molecular weight excluding hydrogens is 148 g/mol.